The van der Waals surface area contributed by atoms with Crippen LogP contribution in [0.3, 0.4) is 0 Å². The van der Waals surface area contributed by atoms with Crippen LogP contribution in [0.1, 0.15) is 6.92 Å². The molecule has 3 heteroatoms. The standard InChI is InChI=1S/C10H10BrNO/c1-2-12-7-6-8-9(12)4-3-5-10(8)13-11/h3-7H,2H2,1H3. The maximum absolute atomic E-state index is 5.08. The first kappa shape index (κ1) is 8.63. The Morgan fingerprint density at radius 3 is 2.92 bits per heavy atom. The van der Waals surface area contributed by atoms with E-state index in [2.05, 4.69) is 46.1 Å². The molecule has 0 saturated heterocycles. The first-order valence-electron chi connectivity index (χ1n) is 4.23. The third kappa shape index (κ3) is 1.33. The van der Waals surface area contributed by atoms with Crippen molar-refractivity contribution in [3.05, 3.63) is 30.5 Å². The summed E-state index contributed by atoms with van der Waals surface area (Å²) in [6.07, 6.45) is 2.07. The van der Waals surface area contributed by atoms with Crippen molar-refractivity contribution in [3.63, 3.8) is 0 Å². The molecule has 0 atom stereocenters. The van der Waals surface area contributed by atoms with Crippen LogP contribution in [0.15, 0.2) is 30.5 Å². The largest absolute Gasteiger partial charge is 0.417 e. The summed E-state index contributed by atoms with van der Waals surface area (Å²) in [5.41, 5.74) is 1.21. The number of aryl methyl sites for hydroxylation is 1. The molecule has 0 bridgehead atoms. The van der Waals surface area contributed by atoms with Gasteiger partial charge in [0, 0.05) is 18.1 Å². The lowest BCUT2D eigenvalue weighted by Crippen LogP contribution is -1.89. The third-order valence-corrected chi connectivity index (χ3v) is 2.55. The molecule has 0 aliphatic heterocycles. The fraction of sp³-hybridized carbons (Fsp3) is 0.200. The number of aromatic nitrogens is 1. The summed E-state index contributed by atoms with van der Waals surface area (Å²) in [5.74, 6) is 0.865. The second kappa shape index (κ2) is 3.42. The summed E-state index contributed by atoms with van der Waals surface area (Å²) in [6.45, 7) is 3.11. The van der Waals surface area contributed by atoms with E-state index >= 15 is 0 Å². The van der Waals surface area contributed by atoms with Crippen molar-refractivity contribution in [2.75, 3.05) is 0 Å². The Labute approximate surface area is 85.6 Å². The fourth-order valence-electron chi connectivity index (χ4n) is 1.54. The summed E-state index contributed by atoms with van der Waals surface area (Å²) >= 11 is 3.00. The monoisotopic (exact) mass is 239 g/mol. The van der Waals surface area contributed by atoms with Crippen LogP contribution in [-0.2, 0) is 6.54 Å². The first-order chi connectivity index (χ1) is 6.36. The molecule has 0 amide bonds. The van der Waals surface area contributed by atoms with Crippen LogP contribution >= 0.6 is 16.3 Å². The topological polar surface area (TPSA) is 14.2 Å². The fourth-order valence-corrected chi connectivity index (χ4v) is 1.82. The molecule has 1 aromatic heterocycles. The Hall–Kier alpha value is -0.960. The Balaban J connectivity index is 2.72. The molecule has 0 N–H and O–H groups in total. The molecule has 13 heavy (non-hydrogen) atoms. The lowest BCUT2D eigenvalue weighted by Gasteiger charge is -2.01. The zero-order chi connectivity index (χ0) is 9.26. The normalized spacial score (nSPS) is 10.6. The molecule has 0 radical (unpaired) electrons. The molecule has 2 aromatic rings. The van der Waals surface area contributed by atoms with Crippen molar-refractivity contribution in [2.24, 2.45) is 0 Å². The molecule has 0 fully saturated rings. The molecule has 1 heterocycles. The average Bonchev–Trinajstić information content (AvgIpc) is 2.60. The van der Waals surface area contributed by atoms with Crippen LogP contribution in [0.25, 0.3) is 10.9 Å². The van der Waals surface area contributed by atoms with Crippen LogP contribution in [0.2, 0.25) is 0 Å². The number of nitrogens with zero attached hydrogens (tertiary/aromatic N) is 1. The van der Waals surface area contributed by atoms with E-state index in [4.69, 9.17) is 3.83 Å². The van der Waals surface area contributed by atoms with Crippen molar-refractivity contribution in [2.45, 2.75) is 13.5 Å². The molecular formula is C10H10BrNO. The van der Waals surface area contributed by atoms with Gasteiger partial charge in [0.15, 0.2) is 16.3 Å². The second-order valence-corrected chi connectivity index (χ2v) is 3.19. The number of halogens is 1. The molecule has 0 spiro atoms. The quantitative estimate of drug-likeness (QED) is 0.785. The molecule has 2 rings (SSSR count). The highest BCUT2D eigenvalue weighted by Gasteiger charge is 2.04. The van der Waals surface area contributed by atoms with E-state index in [9.17, 15) is 0 Å². The van der Waals surface area contributed by atoms with Gasteiger partial charge < -0.3 is 8.40 Å². The number of hydrogen-bond donors (Lipinski definition) is 0. The number of fused-ring (bicyclic) bond motifs is 1. The smallest absolute Gasteiger partial charge is 0.179 e. The van der Waals surface area contributed by atoms with Crippen molar-refractivity contribution in [3.8, 4) is 5.75 Å². The summed E-state index contributed by atoms with van der Waals surface area (Å²) in [5, 5.41) is 1.14. The maximum Gasteiger partial charge on any atom is 0.179 e. The molecule has 1 aromatic carbocycles. The van der Waals surface area contributed by atoms with E-state index in [1.54, 1.807) is 0 Å². The van der Waals surface area contributed by atoms with E-state index in [1.165, 1.54) is 5.52 Å². The number of hydrogen-bond acceptors (Lipinski definition) is 1. The zero-order valence-electron chi connectivity index (χ0n) is 7.33. The minimum absolute atomic E-state index is 0.865. The summed E-state index contributed by atoms with van der Waals surface area (Å²) in [4.78, 5) is 0. The van der Waals surface area contributed by atoms with Gasteiger partial charge in [0.05, 0.1) is 5.52 Å². The summed E-state index contributed by atoms with van der Waals surface area (Å²) in [6, 6.07) is 8.09. The minimum atomic E-state index is 0.865. The SMILES string of the molecule is CCn1ccc2c(OBr)cccc21. The lowest BCUT2D eigenvalue weighted by molar-refractivity contribution is 0.686. The molecule has 0 aliphatic carbocycles. The maximum atomic E-state index is 5.08. The van der Waals surface area contributed by atoms with Crippen LogP contribution in [-0.4, -0.2) is 4.57 Å². The predicted molar refractivity (Wildman–Crippen MR) is 57.2 cm³/mol. The first-order valence-corrected chi connectivity index (χ1v) is 4.88. The van der Waals surface area contributed by atoms with Gasteiger partial charge in [0.2, 0.25) is 0 Å². The van der Waals surface area contributed by atoms with Crippen molar-refractivity contribution >= 4 is 27.2 Å². The highest BCUT2D eigenvalue weighted by atomic mass is 79.9. The van der Waals surface area contributed by atoms with Crippen LogP contribution in [0.4, 0.5) is 0 Å². The Morgan fingerprint density at radius 2 is 2.23 bits per heavy atom. The van der Waals surface area contributed by atoms with Crippen molar-refractivity contribution in [1.29, 1.82) is 0 Å². The Kier molecular flexibility index (Phi) is 2.27. The van der Waals surface area contributed by atoms with Crippen LogP contribution < -0.4 is 3.83 Å². The second-order valence-electron chi connectivity index (χ2n) is 2.87. The van der Waals surface area contributed by atoms with E-state index in [-0.39, 0.29) is 0 Å². The van der Waals surface area contributed by atoms with Gasteiger partial charge in [-0.05, 0) is 25.1 Å². The lowest BCUT2D eigenvalue weighted by atomic mass is 10.2. The van der Waals surface area contributed by atoms with E-state index in [1.807, 2.05) is 12.1 Å². The Bertz CT molecular complexity index is 422. The van der Waals surface area contributed by atoms with Gasteiger partial charge in [-0.2, -0.15) is 0 Å². The van der Waals surface area contributed by atoms with Crippen LogP contribution in [0, 0.1) is 0 Å². The average molecular weight is 240 g/mol. The van der Waals surface area contributed by atoms with Gasteiger partial charge in [-0.3, -0.25) is 0 Å². The molecule has 2 nitrogen and oxygen atoms in total. The van der Waals surface area contributed by atoms with E-state index in [0.29, 0.717) is 0 Å². The van der Waals surface area contributed by atoms with Gasteiger partial charge in [-0.15, -0.1) is 0 Å². The molecule has 0 unspecified atom stereocenters. The minimum Gasteiger partial charge on any atom is -0.417 e. The van der Waals surface area contributed by atoms with E-state index in [0.717, 1.165) is 17.7 Å². The molecule has 0 aliphatic rings. The zero-order valence-corrected chi connectivity index (χ0v) is 8.91. The molecule has 68 valence electrons. The van der Waals surface area contributed by atoms with Crippen molar-refractivity contribution in [1.82, 2.24) is 4.57 Å². The number of benzene rings is 1. The predicted octanol–water partition coefficient (Wildman–Crippen LogP) is 3.35. The molecular weight excluding hydrogens is 230 g/mol. The number of rotatable bonds is 2. The van der Waals surface area contributed by atoms with Crippen molar-refractivity contribution < 1.29 is 3.83 Å². The molecule has 0 saturated carbocycles. The highest BCUT2D eigenvalue weighted by molar-refractivity contribution is 9.06. The summed E-state index contributed by atoms with van der Waals surface area (Å²) < 4.78 is 7.27. The highest BCUT2D eigenvalue weighted by Crippen LogP contribution is 2.27. The van der Waals surface area contributed by atoms with Gasteiger partial charge >= 0.3 is 0 Å². The van der Waals surface area contributed by atoms with Gasteiger partial charge in [0.25, 0.3) is 0 Å². The Morgan fingerprint density at radius 1 is 1.38 bits per heavy atom. The van der Waals surface area contributed by atoms with E-state index < -0.39 is 0 Å². The van der Waals surface area contributed by atoms with Gasteiger partial charge in [-0.1, -0.05) is 6.07 Å². The van der Waals surface area contributed by atoms with Gasteiger partial charge in [0.1, 0.15) is 5.75 Å². The van der Waals surface area contributed by atoms with Crippen LogP contribution in [0.5, 0.6) is 5.75 Å². The third-order valence-electron chi connectivity index (χ3n) is 2.20. The summed E-state index contributed by atoms with van der Waals surface area (Å²) in [7, 11) is 0. The van der Waals surface area contributed by atoms with Gasteiger partial charge in [-0.25, -0.2) is 0 Å².